The van der Waals surface area contributed by atoms with Crippen LogP contribution >= 0.6 is 15.9 Å². The highest BCUT2D eigenvalue weighted by Crippen LogP contribution is 2.24. The SMILES string of the molecule is CCn1ncc(N)c1C(=O)Nc1cccc(Br)c1C. The summed E-state index contributed by atoms with van der Waals surface area (Å²) in [7, 11) is 0. The first-order valence-electron chi connectivity index (χ1n) is 5.92. The van der Waals surface area contributed by atoms with Crippen LogP contribution in [0.25, 0.3) is 0 Å². The van der Waals surface area contributed by atoms with E-state index in [1.807, 2.05) is 32.0 Å². The number of nitrogens with zero attached hydrogens (tertiary/aromatic N) is 2. The minimum Gasteiger partial charge on any atom is -0.396 e. The third-order valence-corrected chi connectivity index (χ3v) is 3.76. The minimum absolute atomic E-state index is 0.252. The second-order valence-electron chi connectivity index (χ2n) is 4.13. The van der Waals surface area contributed by atoms with Crippen LogP contribution in [0.2, 0.25) is 0 Å². The van der Waals surface area contributed by atoms with Crippen molar-refractivity contribution in [2.75, 3.05) is 11.1 Å². The van der Waals surface area contributed by atoms with Crippen molar-refractivity contribution in [2.45, 2.75) is 20.4 Å². The van der Waals surface area contributed by atoms with Crippen molar-refractivity contribution >= 4 is 33.2 Å². The lowest BCUT2D eigenvalue weighted by Crippen LogP contribution is -2.19. The van der Waals surface area contributed by atoms with E-state index in [9.17, 15) is 4.79 Å². The Hall–Kier alpha value is -1.82. The molecule has 0 saturated carbocycles. The lowest BCUT2D eigenvalue weighted by Gasteiger charge is -2.11. The molecule has 0 fully saturated rings. The van der Waals surface area contributed by atoms with Gasteiger partial charge in [0, 0.05) is 16.7 Å². The Balaban J connectivity index is 2.31. The van der Waals surface area contributed by atoms with E-state index in [2.05, 4.69) is 26.3 Å². The summed E-state index contributed by atoms with van der Waals surface area (Å²) in [5.41, 5.74) is 8.28. The zero-order valence-corrected chi connectivity index (χ0v) is 12.4. The molecule has 0 aliphatic heterocycles. The number of nitrogens with two attached hydrogens (primary N) is 1. The van der Waals surface area contributed by atoms with Crippen molar-refractivity contribution in [2.24, 2.45) is 0 Å². The summed E-state index contributed by atoms with van der Waals surface area (Å²) in [6.45, 7) is 4.44. The van der Waals surface area contributed by atoms with Gasteiger partial charge in [-0.25, -0.2) is 0 Å². The van der Waals surface area contributed by atoms with Gasteiger partial charge in [0.25, 0.3) is 5.91 Å². The zero-order valence-electron chi connectivity index (χ0n) is 10.8. The molecular weight excluding hydrogens is 308 g/mol. The number of carbonyl (C=O) groups is 1. The average molecular weight is 323 g/mol. The monoisotopic (exact) mass is 322 g/mol. The summed E-state index contributed by atoms with van der Waals surface area (Å²) in [6, 6.07) is 5.64. The average Bonchev–Trinajstić information content (AvgIpc) is 2.76. The molecule has 1 amide bonds. The van der Waals surface area contributed by atoms with Crippen LogP contribution in [0.3, 0.4) is 0 Å². The fraction of sp³-hybridized carbons (Fsp3) is 0.231. The lowest BCUT2D eigenvalue weighted by molar-refractivity contribution is 0.101. The van der Waals surface area contributed by atoms with Crippen LogP contribution < -0.4 is 11.1 Å². The molecule has 0 aliphatic rings. The highest BCUT2D eigenvalue weighted by Gasteiger charge is 2.17. The van der Waals surface area contributed by atoms with E-state index in [0.29, 0.717) is 17.9 Å². The smallest absolute Gasteiger partial charge is 0.276 e. The van der Waals surface area contributed by atoms with Crippen LogP contribution in [0.5, 0.6) is 0 Å². The number of rotatable bonds is 3. The molecule has 0 bridgehead atoms. The highest BCUT2D eigenvalue weighted by molar-refractivity contribution is 9.10. The fourth-order valence-electron chi connectivity index (χ4n) is 1.81. The van der Waals surface area contributed by atoms with Gasteiger partial charge < -0.3 is 11.1 Å². The quantitative estimate of drug-likeness (QED) is 0.912. The van der Waals surface area contributed by atoms with Crippen molar-refractivity contribution < 1.29 is 4.79 Å². The second kappa shape index (κ2) is 5.44. The van der Waals surface area contributed by atoms with E-state index in [0.717, 1.165) is 15.7 Å². The van der Waals surface area contributed by atoms with Gasteiger partial charge in [0.2, 0.25) is 0 Å². The van der Waals surface area contributed by atoms with Gasteiger partial charge in [-0.3, -0.25) is 9.48 Å². The number of anilines is 2. The molecule has 2 rings (SSSR count). The van der Waals surface area contributed by atoms with E-state index < -0.39 is 0 Å². The number of nitrogens with one attached hydrogen (secondary N) is 1. The molecule has 100 valence electrons. The molecule has 0 radical (unpaired) electrons. The van der Waals surface area contributed by atoms with Crippen molar-refractivity contribution in [1.82, 2.24) is 9.78 Å². The topological polar surface area (TPSA) is 72.9 Å². The number of carbonyl (C=O) groups excluding carboxylic acids is 1. The van der Waals surface area contributed by atoms with Crippen LogP contribution in [0, 0.1) is 6.92 Å². The number of benzene rings is 1. The Bertz CT molecular complexity index is 621. The second-order valence-corrected chi connectivity index (χ2v) is 4.99. The molecule has 0 spiro atoms. The molecule has 19 heavy (non-hydrogen) atoms. The first kappa shape index (κ1) is 13.6. The Kier molecular flexibility index (Phi) is 3.90. The first-order valence-corrected chi connectivity index (χ1v) is 6.71. The molecule has 0 atom stereocenters. The third-order valence-electron chi connectivity index (χ3n) is 2.90. The normalized spacial score (nSPS) is 10.5. The number of aryl methyl sites for hydroxylation is 1. The molecule has 5 nitrogen and oxygen atoms in total. The van der Waals surface area contributed by atoms with Gasteiger partial charge in [0.1, 0.15) is 5.69 Å². The number of halogens is 1. The molecule has 1 aromatic carbocycles. The molecule has 0 saturated heterocycles. The zero-order chi connectivity index (χ0) is 14.0. The summed E-state index contributed by atoms with van der Waals surface area (Å²) >= 11 is 3.43. The summed E-state index contributed by atoms with van der Waals surface area (Å²) in [4.78, 5) is 12.3. The van der Waals surface area contributed by atoms with Crippen LogP contribution in [-0.2, 0) is 6.54 Å². The maximum atomic E-state index is 12.3. The minimum atomic E-state index is -0.252. The third kappa shape index (κ3) is 2.63. The largest absolute Gasteiger partial charge is 0.396 e. The number of nitrogen functional groups attached to an aromatic ring is 1. The van der Waals surface area contributed by atoms with Crippen molar-refractivity contribution in [1.29, 1.82) is 0 Å². The predicted octanol–water partition coefficient (Wildman–Crippen LogP) is 2.81. The molecule has 2 aromatic rings. The standard InChI is InChI=1S/C13H15BrN4O/c1-3-18-12(10(15)7-16-18)13(19)17-11-6-4-5-9(14)8(11)2/h4-7H,3,15H2,1-2H3,(H,17,19). The summed E-state index contributed by atoms with van der Waals surface area (Å²) < 4.78 is 2.53. The number of hydrogen-bond acceptors (Lipinski definition) is 3. The van der Waals surface area contributed by atoms with Crippen LogP contribution in [0.4, 0.5) is 11.4 Å². The highest BCUT2D eigenvalue weighted by atomic mass is 79.9. The predicted molar refractivity (Wildman–Crippen MR) is 79.1 cm³/mol. The lowest BCUT2D eigenvalue weighted by atomic mass is 10.2. The summed E-state index contributed by atoms with van der Waals surface area (Å²) in [6.07, 6.45) is 1.49. The Morgan fingerprint density at radius 2 is 2.26 bits per heavy atom. The van der Waals surface area contributed by atoms with Crippen LogP contribution in [-0.4, -0.2) is 15.7 Å². The van der Waals surface area contributed by atoms with Crippen LogP contribution in [0.1, 0.15) is 23.0 Å². The Morgan fingerprint density at radius 3 is 2.95 bits per heavy atom. The fourth-order valence-corrected chi connectivity index (χ4v) is 2.18. The maximum absolute atomic E-state index is 12.3. The van der Waals surface area contributed by atoms with Gasteiger partial charge in [0.05, 0.1) is 11.9 Å². The van der Waals surface area contributed by atoms with Crippen molar-refractivity contribution in [3.8, 4) is 0 Å². The maximum Gasteiger partial charge on any atom is 0.276 e. The van der Waals surface area contributed by atoms with E-state index in [1.54, 1.807) is 4.68 Å². The van der Waals surface area contributed by atoms with Gasteiger partial charge in [-0.1, -0.05) is 22.0 Å². The van der Waals surface area contributed by atoms with E-state index in [1.165, 1.54) is 6.20 Å². The van der Waals surface area contributed by atoms with Gasteiger partial charge >= 0.3 is 0 Å². The molecule has 3 N–H and O–H groups in total. The van der Waals surface area contributed by atoms with Crippen LogP contribution in [0.15, 0.2) is 28.9 Å². The molecule has 0 aliphatic carbocycles. The summed E-state index contributed by atoms with van der Waals surface area (Å²) in [5, 5.41) is 6.92. The molecule has 1 aromatic heterocycles. The van der Waals surface area contributed by atoms with Gasteiger partial charge in [-0.2, -0.15) is 5.10 Å². The van der Waals surface area contributed by atoms with Gasteiger partial charge in [-0.05, 0) is 31.5 Å². The Labute approximate surface area is 119 Å². The van der Waals surface area contributed by atoms with Gasteiger partial charge in [-0.15, -0.1) is 0 Å². The number of aromatic nitrogens is 2. The number of hydrogen-bond donors (Lipinski definition) is 2. The Morgan fingerprint density at radius 1 is 1.53 bits per heavy atom. The molecule has 6 heteroatoms. The molecule has 0 unspecified atom stereocenters. The number of amides is 1. The van der Waals surface area contributed by atoms with E-state index in [-0.39, 0.29) is 5.91 Å². The van der Waals surface area contributed by atoms with E-state index in [4.69, 9.17) is 5.73 Å². The van der Waals surface area contributed by atoms with E-state index >= 15 is 0 Å². The first-order chi connectivity index (χ1) is 9.04. The summed E-state index contributed by atoms with van der Waals surface area (Å²) in [5.74, 6) is -0.252. The van der Waals surface area contributed by atoms with Crippen molar-refractivity contribution in [3.63, 3.8) is 0 Å². The molecule has 1 heterocycles. The van der Waals surface area contributed by atoms with Gasteiger partial charge in [0.15, 0.2) is 0 Å². The molecular formula is C13H15BrN4O. The van der Waals surface area contributed by atoms with Crippen molar-refractivity contribution in [3.05, 3.63) is 40.1 Å².